The predicted octanol–water partition coefficient (Wildman–Crippen LogP) is 3.72. The number of rotatable bonds is 3. The van der Waals surface area contributed by atoms with E-state index in [0.717, 1.165) is 31.6 Å². The molecule has 22 heavy (non-hydrogen) atoms. The summed E-state index contributed by atoms with van der Waals surface area (Å²) < 4.78 is 0. The van der Waals surface area contributed by atoms with Crippen LogP contribution in [-0.2, 0) is 25.0 Å². The highest BCUT2D eigenvalue weighted by Gasteiger charge is 2.37. The molecule has 2 aromatic rings. The molecule has 2 nitrogen and oxygen atoms in total. The van der Waals surface area contributed by atoms with E-state index in [1.165, 1.54) is 31.2 Å². The van der Waals surface area contributed by atoms with E-state index in [4.69, 9.17) is 0 Å². The Bertz CT molecular complexity index is 651. The Balaban J connectivity index is 1.48. The predicted molar refractivity (Wildman–Crippen MR) is 91.2 cm³/mol. The van der Waals surface area contributed by atoms with Crippen LogP contribution in [0.15, 0.2) is 35.7 Å². The van der Waals surface area contributed by atoms with E-state index in [2.05, 4.69) is 22.4 Å². The van der Waals surface area contributed by atoms with Gasteiger partial charge in [-0.25, -0.2) is 0 Å². The molecule has 1 aromatic heterocycles. The number of nitrogens with zero attached hydrogens (tertiary/aromatic N) is 1. The smallest absolute Gasteiger partial charge is 0.103 e. The second-order valence-electron chi connectivity index (χ2n) is 6.73. The van der Waals surface area contributed by atoms with E-state index in [0.29, 0.717) is 0 Å². The summed E-state index contributed by atoms with van der Waals surface area (Å²) in [6.45, 7) is 2.73. The van der Waals surface area contributed by atoms with Crippen LogP contribution < -0.4 is 0 Å². The van der Waals surface area contributed by atoms with E-state index < -0.39 is 5.60 Å². The van der Waals surface area contributed by atoms with Crippen molar-refractivity contribution >= 4 is 11.3 Å². The summed E-state index contributed by atoms with van der Waals surface area (Å²) in [5.41, 5.74) is 3.52. The fourth-order valence-electron chi connectivity index (χ4n) is 3.92. The third kappa shape index (κ3) is 2.62. The van der Waals surface area contributed by atoms with Crippen molar-refractivity contribution in [3.8, 4) is 0 Å². The fraction of sp³-hybridized carbons (Fsp3) is 0.474. The third-order valence-corrected chi connectivity index (χ3v) is 6.32. The minimum absolute atomic E-state index is 0.669. The highest BCUT2D eigenvalue weighted by molar-refractivity contribution is 7.10. The zero-order valence-corrected chi connectivity index (χ0v) is 13.7. The van der Waals surface area contributed by atoms with Gasteiger partial charge < -0.3 is 5.11 Å². The Kier molecular flexibility index (Phi) is 3.81. The van der Waals surface area contributed by atoms with Crippen LogP contribution in [0.4, 0.5) is 0 Å². The van der Waals surface area contributed by atoms with Crippen molar-refractivity contribution < 1.29 is 5.11 Å². The fourth-order valence-corrected chi connectivity index (χ4v) is 5.06. The van der Waals surface area contributed by atoms with Gasteiger partial charge in [0.05, 0.1) is 0 Å². The maximum Gasteiger partial charge on any atom is 0.103 e. The maximum atomic E-state index is 11.0. The number of benzene rings is 1. The van der Waals surface area contributed by atoms with Crippen LogP contribution >= 0.6 is 11.3 Å². The van der Waals surface area contributed by atoms with E-state index in [1.807, 2.05) is 29.5 Å². The van der Waals surface area contributed by atoms with Gasteiger partial charge in [0.1, 0.15) is 5.60 Å². The molecule has 1 atom stereocenters. The van der Waals surface area contributed by atoms with Gasteiger partial charge in [-0.3, -0.25) is 4.90 Å². The number of thiophene rings is 1. The third-order valence-electron chi connectivity index (χ3n) is 5.18. The van der Waals surface area contributed by atoms with Gasteiger partial charge in [-0.1, -0.05) is 30.3 Å². The Morgan fingerprint density at radius 3 is 2.82 bits per heavy atom. The summed E-state index contributed by atoms with van der Waals surface area (Å²) in [5, 5.41) is 13.3. The molecule has 3 heteroatoms. The van der Waals surface area contributed by atoms with Gasteiger partial charge in [-0.05, 0) is 54.2 Å². The van der Waals surface area contributed by atoms with E-state index in [9.17, 15) is 5.11 Å². The van der Waals surface area contributed by atoms with Gasteiger partial charge in [0.25, 0.3) is 0 Å². The lowest BCUT2D eigenvalue weighted by Crippen LogP contribution is -2.30. The van der Waals surface area contributed by atoms with Crippen LogP contribution in [0.5, 0.6) is 0 Å². The maximum absolute atomic E-state index is 11.0. The quantitative estimate of drug-likeness (QED) is 0.933. The van der Waals surface area contributed by atoms with Crippen LogP contribution in [0.3, 0.4) is 0 Å². The first kappa shape index (κ1) is 14.4. The molecule has 0 saturated carbocycles. The molecule has 1 unspecified atom stereocenters. The van der Waals surface area contributed by atoms with E-state index in [1.54, 1.807) is 10.4 Å². The van der Waals surface area contributed by atoms with Crippen LogP contribution in [0, 0.1) is 0 Å². The lowest BCUT2D eigenvalue weighted by atomic mass is 9.93. The highest BCUT2D eigenvalue weighted by Crippen LogP contribution is 2.35. The molecule has 2 heterocycles. The summed E-state index contributed by atoms with van der Waals surface area (Å²) in [4.78, 5) is 4.03. The average Bonchev–Trinajstić information content (AvgIpc) is 3.14. The molecule has 116 valence electrons. The first-order chi connectivity index (χ1) is 10.7. The van der Waals surface area contributed by atoms with Gasteiger partial charge in [-0.2, -0.15) is 0 Å². The van der Waals surface area contributed by atoms with Crippen molar-refractivity contribution in [2.75, 3.05) is 13.1 Å². The van der Waals surface area contributed by atoms with E-state index >= 15 is 0 Å². The van der Waals surface area contributed by atoms with Crippen LogP contribution in [0.2, 0.25) is 0 Å². The molecular formula is C19H23NOS. The first-order valence-electron chi connectivity index (χ1n) is 8.33. The average molecular weight is 313 g/mol. The summed E-state index contributed by atoms with van der Waals surface area (Å²) >= 11 is 1.94. The van der Waals surface area contributed by atoms with Crippen molar-refractivity contribution in [2.45, 2.75) is 44.2 Å². The second-order valence-corrected chi connectivity index (χ2v) is 7.69. The molecule has 0 amide bonds. The Hall–Kier alpha value is -1.16. The highest BCUT2D eigenvalue weighted by atomic mass is 32.1. The molecule has 2 aliphatic rings. The van der Waals surface area contributed by atoms with Crippen molar-refractivity contribution in [1.29, 1.82) is 0 Å². The number of aliphatic hydroxyl groups is 1. The normalized spacial score (nSPS) is 25.3. The largest absolute Gasteiger partial charge is 0.384 e. The number of likely N-dealkylation sites (tertiary alicyclic amines) is 1. The standard InChI is InChI=1S/C19H23NOS/c21-19(16-6-2-1-3-7-16)10-11-20(14-19)12-15-13-22-18-9-5-4-8-17(15)18/h1-3,6-7,13,21H,4-5,8-12,14H2. The summed E-state index contributed by atoms with van der Waals surface area (Å²) in [7, 11) is 0. The van der Waals surface area contributed by atoms with Crippen molar-refractivity contribution in [3.63, 3.8) is 0 Å². The van der Waals surface area contributed by atoms with Crippen LogP contribution in [0.25, 0.3) is 0 Å². The molecule has 1 N–H and O–H groups in total. The number of β-amino-alcohol motifs (C(OH)–C–C–N with tert-alkyl or cyclic N) is 1. The monoisotopic (exact) mass is 313 g/mol. The van der Waals surface area contributed by atoms with Gasteiger partial charge in [0.2, 0.25) is 0 Å². The molecule has 0 radical (unpaired) electrons. The second kappa shape index (κ2) is 5.80. The molecule has 1 fully saturated rings. The molecule has 1 aliphatic carbocycles. The number of hydrogen-bond donors (Lipinski definition) is 1. The minimum atomic E-state index is -0.669. The zero-order chi connectivity index (χ0) is 15.0. The minimum Gasteiger partial charge on any atom is -0.384 e. The van der Waals surface area contributed by atoms with Gasteiger partial charge >= 0.3 is 0 Å². The topological polar surface area (TPSA) is 23.5 Å². The number of hydrogen-bond acceptors (Lipinski definition) is 3. The zero-order valence-electron chi connectivity index (χ0n) is 12.9. The molecule has 1 saturated heterocycles. The SMILES string of the molecule is OC1(c2ccccc2)CCN(Cc2csc3c2CCCC3)C1. The van der Waals surface area contributed by atoms with Crippen LogP contribution in [0.1, 0.15) is 40.8 Å². The summed E-state index contributed by atoms with van der Waals surface area (Å²) in [6.07, 6.45) is 6.05. The van der Waals surface area contributed by atoms with E-state index in [-0.39, 0.29) is 0 Å². The Morgan fingerprint density at radius 1 is 1.14 bits per heavy atom. The number of fused-ring (bicyclic) bond motifs is 1. The molecule has 0 spiro atoms. The lowest BCUT2D eigenvalue weighted by molar-refractivity contribution is 0.0453. The van der Waals surface area contributed by atoms with Gasteiger partial charge in [0, 0.05) is 24.5 Å². The molecule has 1 aliphatic heterocycles. The molecule has 4 rings (SSSR count). The van der Waals surface area contributed by atoms with Gasteiger partial charge in [0.15, 0.2) is 0 Å². The number of aryl methyl sites for hydroxylation is 1. The molecular weight excluding hydrogens is 290 g/mol. The van der Waals surface area contributed by atoms with Crippen molar-refractivity contribution in [3.05, 3.63) is 57.3 Å². The van der Waals surface area contributed by atoms with Crippen molar-refractivity contribution in [2.24, 2.45) is 0 Å². The molecule has 0 bridgehead atoms. The lowest BCUT2D eigenvalue weighted by Gasteiger charge is -2.24. The Labute approximate surface area is 136 Å². The Morgan fingerprint density at radius 2 is 1.95 bits per heavy atom. The first-order valence-corrected chi connectivity index (χ1v) is 9.21. The van der Waals surface area contributed by atoms with Gasteiger partial charge in [-0.15, -0.1) is 11.3 Å². The van der Waals surface area contributed by atoms with Crippen molar-refractivity contribution in [1.82, 2.24) is 4.90 Å². The molecule has 1 aromatic carbocycles. The van der Waals surface area contributed by atoms with Crippen LogP contribution in [-0.4, -0.2) is 23.1 Å². The summed E-state index contributed by atoms with van der Waals surface area (Å²) in [5.74, 6) is 0. The summed E-state index contributed by atoms with van der Waals surface area (Å²) in [6, 6.07) is 10.2.